The Morgan fingerprint density at radius 3 is 2.47 bits per heavy atom. The number of rotatable bonds is 3. The normalized spacial score (nSPS) is 23.2. The fraction of sp³-hybridized carbons (Fsp3) is 0.538. The number of benzene rings is 1. The number of non-ortho nitro benzene ring substituents is 1. The van der Waals surface area contributed by atoms with Gasteiger partial charge in [-0.25, -0.2) is 0 Å². The Bertz CT molecular complexity index is 471. The minimum atomic E-state index is -0.337. The van der Waals surface area contributed by atoms with E-state index in [0.29, 0.717) is 10.5 Å². The Hall–Kier alpha value is -1.43. The summed E-state index contributed by atoms with van der Waals surface area (Å²) >= 11 is 1.97. The van der Waals surface area contributed by atoms with E-state index in [2.05, 4.69) is 24.1 Å². The molecular weight excluding hydrogens is 262 g/mol. The van der Waals surface area contributed by atoms with Crippen LogP contribution < -0.4 is 10.2 Å². The van der Waals surface area contributed by atoms with Crippen LogP contribution in [0.5, 0.6) is 0 Å². The molecule has 0 bridgehead atoms. The molecule has 1 heterocycles. The summed E-state index contributed by atoms with van der Waals surface area (Å²) in [5.41, 5.74) is 1.85. The molecule has 104 valence electrons. The second-order valence-corrected chi connectivity index (χ2v) is 6.79. The number of nitro benzene ring substituents is 1. The molecule has 2 unspecified atom stereocenters. The maximum atomic E-state index is 11.0. The summed E-state index contributed by atoms with van der Waals surface area (Å²) in [7, 11) is 1.78. The van der Waals surface area contributed by atoms with E-state index in [1.807, 2.05) is 17.8 Å². The van der Waals surface area contributed by atoms with Gasteiger partial charge in [0.25, 0.3) is 5.69 Å². The highest BCUT2D eigenvalue weighted by molar-refractivity contribution is 8.00. The van der Waals surface area contributed by atoms with Crippen molar-refractivity contribution in [2.75, 3.05) is 30.4 Å². The van der Waals surface area contributed by atoms with Gasteiger partial charge >= 0.3 is 0 Å². The van der Waals surface area contributed by atoms with Gasteiger partial charge in [-0.1, -0.05) is 13.8 Å². The summed E-state index contributed by atoms with van der Waals surface area (Å²) in [6.45, 7) is 6.26. The lowest BCUT2D eigenvalue weighted by Crippen LogP contribution is -2.40. The summed E-state index contributed by atoms with van der Waals surface area (Å²) in [5.74, 6) is 0. The van der Waals surface area contributed by atoms with Gasteiger partial charge in [-0.3, -0.25) is 10.1 Å². The molecular formula is C13H19N3O2S. The van der Waals surface area contributed by atoms with Crippen molar-refractivity contribution >= 4 is 28.8 Å². The number of nitro groups is 1. The average Bonchev–Trinajstić information content (AvgIpc) is 2.37. The molecule has 0 amide bonds. The van der Waals surface area contributed by atoms with E-state index in [-0.39, 0.29) is 10.6 Å². The molecule has 19 heavy (non-hydrogen) atoms. The van der Waals surface area contributed by atoms with E-state index in [1.54, 1.807) is 19.2 Å². The average molecular weight is 281 g/mol. The summed E-state index contributed by atoms with van der Waals surface area (Å²) in [6, 6.07) is 5.20. The van der Waals surface area contributed by atoms with E-state index >= 15 is 0 Å². The zero-order valence-corrected chi connectivity index (χ0v) is 12.2. The maximum Gasteiger partial charge on any atom is 0.273 e. The molecule has 1 aliphatic heterocycles. The van der Waals surface area contributed by atoms with Crippen molar-refractivity contribution < 1.29 is 4.92 Å². The van der Waals surface area contributed by atoms with Crippen LogP contribution in [0, 0.1) is 10.1 Å². The fourth-order valence-corrected chi connectivity index (χ4v) is 3.74. The van der Waals surface area contributed by atoms with Gasteiger partial charge in [0.15, 0.2) is 0 Å². The third-order valence-electron chi connectivity index (χ3n) is 3.19. The van der Waals surface area contributed by atoms with Gasteiger partial charge in [0, 0.05) is 54.1 Å². The highest BCUT2D eigenvalue weighted by atomic mass is 32.2. The van der Waals surface area contributed by atoms with Crippen molar-refractivity contribution in [1.82, 2.24) is 0 Å². The Kier molecular flexibility index (Phi) is 4.19. The van der Waals surface area contributed by atoms with Crippen molar-refractivity contribution in [2.45, 2.75) is 24.3 Å². The lowest BCUT2D eigenvalue weighted by Gasteiger charge is -2.36. The Morgan fingerprint density at radius 1 is 1.32 bits per heavy atom. The minimum Gasteiger partial charge on any atom is -0.388 e. The monoisotopic (exact) mass is 281 g/mol. The first-order chi connectivity index (χ1) is 8.99. The lowest BCUT2D eigenvalue weighted by atomic mass is 10.2. The minimum absolute atomic E-state index is 0.139. The van der Waals surface area contributed by atoms with Crippen molar-refractivity contribution in [3.05, 3.63) is 28.3 Å². The van der Waals surface area contributed by atoms with E-state index in [1.165, 1.54) is 0 Å². The summed E-state index contributed by atoms with van der Waals surface area (Å²) in [4.78, 5) is 12.9. The van der Waals surface area contributed by atoms with Gasteiger partial charge in [-0.15, -0.1) is 0 Å². The molecule has 2 rings (SSSR count). The summed E-state index contributed by atoms with van der Waals surface area (Å²) in [6.07, 6.45) is 0. The highest BCUT2D eigenvalue weighted by Gasteiger charge is 2.24. The van der Waals surface area contributed by atoms with Crippen LogP contribution in [0.2, 0.25) is 0 Å². The number of nitrogens with zero attached hydrogens (tertiary/aromatic N) is 2. The van der Waals surface area contributed by atoms with Crippen LogP contribution in [0.25, 0.3) is 0 Å². The number of nitrogens with one attached hydrogen (secondary N) is 1. The van der Waals surface area contributed by atoms with Crippen molar-refractivity contribution in [3.8, 4) is 0 Å². The van der Waals surface area contributed by atoms with Gasteiger partial charge < -0.3 is 10.2 Å². The molecule has 5 nitrogen and oxygen atoms in total. The molecule has 1 aromatic carbocycles. The van der Waals surface area contributed by atoms with Crippen LogP contribution in [-0.2, 0) is 0 Å². The molecule has 0 saturated carbocycles. The third kappa shape index (κ3) is 3.32. The number of anilines is 2. The standard InChI is InChI=1S/C13H19N3O2S/c1-9-7-15(8-10(2)19-9)12-4-11(14-3)5-13(6-12)16(17)18/h4-6,9-10,14H,7-8H2,1-3H3. The first-order valence-electron chi connectivity index (χ1n) is 6.37. The molecule has 0 aliphatic carbocycles. The van der Waals surface area contributed by atoms with Crippen LogP contribution in [-0.4, -0.2) is 35.6 Å². The third-order valence-corrected chi connectivity index (χ3v) is 4.41. The van der Waals surface area contributed by atoms with E-state index in [4.69, 9.17) is 0 Å². The second kappa shape index (κ2) is 5.69. The Labute approximate surface area is 117 Å². The maximum absolute atomic E-state index is 11.0. The van der Waals surface area contributed by atoms with Crippen molar-refractivity contribution in [2.24, 2.45) is 0 Å². The van der Waals surface area contributed by atoms with E-state index in [0.717, 1.165) is 24.5 Å². The predicted molar refractivity (Wildman–Crippen MR) is 81.4 cm³/mol. The highest BCUT2D eigenvalue weighted by Crippen LogP contribution is 2.32. The van der Waals surface area contributed by atoms with Gasteiger partial charge in [-0.05, 0) is 6.07 Å². The van der Waals surface area contributed by atoms with Crippen LogP contribution in [0.15, 0.2) is 18.2 Å². The zero-order chi connectivity index (χ0) is 14.0. The number of thioether (sulfide) groups is 1. The van der Waals surface area contributed by atoms with Gasteiger partial charge in [0.1, 0.15) is 0 Å². The summed E-state index contributed by atoms with van der Waals surface area (Å²) in [5, 5.41) is 15.1. The zero-order valence-electron chi connectivity index (χ0n) is 11.4. The Balaban J connectivity index is 2.32. The molecule has 2 atom stereocenters. The Morgan fingerprint density at radius 2 is 1.95 bits per heavy atom. The van der Waals surface area contributed by atoms with Crippen molar-refractivity contribution in [3.63, 3.8) is 0 Å². The molecule has 0 aromatic heterocycles. The van der Waals surface area contributed by atoms with Crippen LogP contribution in [0.1, 0.15) is 13.8 Å². The van der Waals surface area contributed by atoms with E-state index in [9.17, 15) is 10.1 Å². The smallest absolute Gasteiger partial charge is 0.273 e. The predicted octanol–water partition coefficient (Wildman–Crippen LogP) is 2.97. The fourth-order valence-electron chi connectivity index (χ4n) is 2.42. The van der Waals surface area contributed by atoms with Gasteiger partial charge in [-0.2, -0.15) is 11.8 Å². The molecule has 0 radical (unpaired) electrons. The molecule has 1 saturated heterocycles. The summed E-state index contributed by atoms with van der Waals surface area (Å²) < 4.78 is 0. The number of hydrogen-bond donors (Lipinski definition) is 1. The van der Waals surface area contributed by atoms with Crippen LogP contribution in [0.3, 0.4) is 0 Å². The second-order valence-electron chi connectivity index (χ2n) is 4.91. The first-order valence-corrected chi connectivity index (χ1v) is 7.31. The topological polar surface area (TPSA) is 58.4 Å². The molecule has 0 spiro atoms. The van der Waals surface area contributed by atoms with Crippen LogP contribution >= 0.6 is 11.8 Å². The SMILES string of the molecule is CNc1cc(N2CC(C)SC(C)C2)cc([N+](=O)[O-])c1. The molecule has 1 fully saturated rings. The van der Waals surface area contributed by atoms with E-state index < -0.39 is 0 Å². The quantitative estimate of drug-likeness (QED) is 0.682. The van der Waals surface area contributed by atoms with Crippen molar-refractivity contribution in [1.29, 1.82) is 0 Å². The molecule has 1 N–H and O–H groups in total. The van der Waals surface area contributed by atoms with Gasteiger partial charge in [0.05, 0.1) is 4.92 Å². The lowest BCUT2D eigenvalue weighted by molar-refractivity contribution is -0.384. The molecule has 6 heteroatoms. The molecule has 1 aromatic rings. The van der Waals surface area contributed by atoms with Gasteiger partial charge in [0.2, 0.25) is 0 Å². The first kappa shape index (κ1) is 14.0. The molecule has 1 aliphatic rings. The largest absolute Gasteiger partial charge is 0.388 e. The van der Waals surface area contributed by atoms with Crippen LogP contribution in [0.4, 0.5) is 17.1 Å². The number of hydrogen-bond acceptors (Lipinski definition) is 5.